The third-order valence-corrected chi connectivity index (χ3v) is 6.25. The summed E-state index contributed by atoms with van der Waals surface area (Å²) < 4.78 is 39.7. The maximum Gasteiger partial charge on any atom is 0.280 e. The van der Waals surface area contributed by atoms with Gasteiger partial charge in [0.1, 0.15) is 11.3 Å². The predicted octanol–water partition coefficient (Wildman–Crippen LogP) is 5.64. The largest absolute Gasteiger partial charge is 0.481 e. The number of H-pyrrole nitrogens is 1. The molecule has 0 saturated heterocycles. The van der Waals surface area contributed by atoms with E-state index in [1.807, 2.05) is 6.92 Å². The Morgan fingerprint density at radius 3 is 2.50 bits per heavy atom. The van der Waals surface area contributed by atoms with Crippen LogP contribution in [0.2, 0.25) is 0 Å². The molecular weight excluding hydrogens is 520 g/mol. The number of carbonyl (C=O) groups excluding carboxylic acids is 1. The quantitative estimate of drug-likeness (QED) is 0.285. The first-order chi connectivity index (χ1) is 19.2. The van der Waals surface area contributed by atoms with Crippen LogP contribution in [0, 0.1) is 32.4 Å². The van der Waals surface area contributed by atoms with E-state index in [1.54, 1.807) is 26.0 Å². The lowest BCUT2D eigenvalue weighted by Gasteiger charge is -2.12. The van der Waals surface area contributed by atoms with E-state index in [9.17, 15) is 14.0 Å². The van der Waals surface area contributed by atoms with Crippen LogP contribution in [0.4, 0.5) is 14.5 Å². The van der Waals surface area contributed by atoms with Crippen molar-refractivity contribution in [2.45, 2.75) is 20.8 Å². The summed E-state index contributed by atoms with van der Waals surface area (Å²) in [7, 11) is 1.50. The van der Waals surface area contributed by atoms with E-state index in [2.05, 4.69) is 25.5 Å². The van der Waals surface area contributed by atoms with Crippen LogP contribution in [-0.4, -0.2) is 33.2 Å². The molecule has 0 aliphatic rings. The van der Waals surface area contributed by atoms with Crippen molar-refractivity contribution in [1.82, 2.24) is 20.2 Å². The number of pyridine rings is 2. The summed E-state index contributed by atoms with van der Waals surface area (Å²) in [6.45, 7) is 5.12. The van der Waals surface area contributed by atoms with Crippen LogP contribution in [0.1, 0.15) is 27.3 Å². The Labute approximate surface area is 226 Å². The molecule has 9 nitrogen and oxygen atoms in total. The summed E-state index contributed by atoms with van der Waals surface area (Å²) >= 11 is 0. The molecular formula is C29H23F2N5O4. The molecule has 0 aliphatic carbocycles. The number of hydrogen-bond acceptors (Lipinski definition) is 7. The number of ether oxygens (including phenoxy) is 2. The summed E-state index contributed by atoms with van der Waals surface area (Å²) in [5, 5.41) is 9.05. The van der Waals surface area contributed by atoms with Crippen molar-refractivity contribution in [1.29, 1.82) is 0 Å². The lowest BCUT2D eigenvalue weighted by Crippen LogP contribution is -2.26. The molecule has 5 rings (SSSR count). The van der Waals surface area contributed by atoms with Gasteiger partial charge in [-0.1, -0.05) is 6.07 Å². The minimum Gasteiger partial charge on any atom is -0.481 e. The minimum absolute atomic E-state index is 0.0751. The second-order valence-corrected chi connectivity index (χ2v) is 9.05. The zero-order valence-electron chi connectivity index (χ0n) is 21.9. The number of fused-ring (bicyclic) bond motifs is 1. The Hall–Kier alpha value is -5.19. The highest BCUT2D eigenvalue weighted by Gasteiger charge is 2.21. The van der Waals surface area contributed by atoms with Crippen molar-refractivity contribution in [3.63, 3.8) is 0 Å². The second kappa shape index (κ2) is 10.5. The van der Waals surface area contributed by atoms with Crippen molar-refractivity contribution in [3.05, 3.63) is 99.1 Å². The van der Waals surface area contributed by atoms with Crippen molar-refractivity contribution in [2.75, 3.05) is 12.4 Å². The number of anilines is 1. The number of aromatic nitrogens is 4. The van der Waals surface area contributed by atoms with Gasteiger partial charge in [-0.25, -0.2) is 13.8 Å². The van der Waals surface area contributed by atoms with E-state index >= 15 is 4.39 Å². The molecule has 0 bridgehead atoms. The van der Waals surface area contributed by atoms with E-state index in [0.29, 0.717) is 33.7 Å². The van der Waals surface area contributed by atoms with Gasteiger partial charge in [-0.15, -0.1) is 0 Å². The molecule has 5 aromatic rings. The summed E-state index contributed by atoms with van der Waals surface area (Å²) in [5.74, 6) is -1.52. The zero-order chi connectivity index (χ0) is 28.6. The Kier molecular flexibility index (Phi) is 6.95. The smallest absolute Gasteiger partial charge is 0.280 e. The first-order valence-corrected chi connectivity index (χ1v) is 12.1. The zero-order valence-corrected chi connectivity index (χ0v) is 21.9. The molecule has 0 spiro atoms. The number of nitrogens with one attached hydrogen (secondary N) is 2. The Morgan fingerprint density at radius 2 is 1.77 bits per heavy atom. The van der Waals surface area contributed by atoms with Crippen LogP contribution in [0.15, 0.2) is 59.5 Å². The van der Waals surface area contributed by atoms with Gasteiger partial charge in [0.2, 0.25) is 11.3 Å². The van der Waals surface area contributed by atoms with E-state index in [-0.39, 0.29) is 22.7 Å². The number of benzene rings is 2. The third-order valence-electron chi connectivity index (χ3n) is 6.25. The monoisotopic (exact) mass is 543 g/mol. The molecule has 0 fully saturated rings. The maximum absolute atomic E-state index is 15.0. The number of hydrogen-bond donors (Lipinski definition) is 2. The molecule has 0 aliphatic heterocycles. The topological polar surface area (TPSA) is 119 Å². The highest BCUT2D eigenvalue weighted by Crippen LogP contribution is 2.32. The molecule has 3 heterocycles. The highest BCUT2D eigenvalue weighted by molar-refractivity contribution is 6.03. The van der Waals surface area contributed by atoms with Crippen LogP contribution in [0.25, 0.3) is 22.2 Å². The first-order valence-electron chi connectivity index (χ1n) is 12.1. The SMILES string of the molecule is COc1nc2c(Oc3ccc(NC(=O)c4n[nH]c(C)c(-c5ccc(F)cc5C)c4=O)cc3F)ccnc2cc1C. The fourth-order valence-electron chi connectivity index (χ4n) is 4.31. The fourth-order valence-corrected chi connectivity index (χ4v) is 4.31. The maximum atomic E-state index is 15.0. The molecule has 202 valence electrons. The second-order valence-electron chi connectivity index (χ2n) is 9.05. The van der Waals surface area contributed by atoms with Crippen molar-refractivity contribution >= 4 is 22.6 Å². The van der Waals surface area contributed by atoms with E-state index in [1.165, 1.54) is 43.6 Å². The van der Waals surface area contributed by atoms with Gasteiger partial charge < -0.3 is 14.8 Å². The lowest BCUT2D eigenvalue weighted by molar-refractivity contribution is 0.102. The van der Waals surface area contributed by atoms with Gasteiger partial charge in [0, 0.05) is 35.3 Å². The Balaban J connectivity index is 1.41. The molecule has 11 heteroatoms. The van der Waals surface area contributed by atoms with Gasteiger partial charge in [0.15, 0.2) is 23.0 Å². The van der Waals surface area contributed by atoms with Crippen molar-refractivity contribution in [3.8, 4) is 28.5 Å². The van der Waals surface area contributed by atoms with Crippen molar-refractivity contribution in [2.24, 2.45) is 0 Å². The van der Waals surface area contributed by atoms with Crippen LogP contribution in [-0.2, 0) is 0 Å². The summed E-state index contributed by atoms with van der Waals surface area (Å²) in [5.41, 5.74) is 2.32. The Bertz CT molecular complexity index is 1860. The molecule has 2 N–H and O–H groups in total. The number of aryl methyl sites for hydroxylation is 3. The molecule has 0 atom stereocenters. The summed E-state index contributed by atoms with van der Waals surface area (Å²) in [6, 6.07) is 11.1. The van der Waals surface area contributed by atoms with Gasteiger partial charge >= 0.3 is 0 Å². The molecule has 0 unspecified atom stereocenters. The first kappa shape index (κ1) is 26.4. The number of amides is 1. The van der Waals surface area contributed by atoms with Gasteiger partial charge in [-0.05, 0) is 62.2 Å². The minimum atomic E-state index is -0.845. The van der Waals surface area contributed by atoms with Crippen LogP contribution < -0.4 is 20.2 Å². The standard InChI is InChI=1S/C29H23F2N5O4/c1-14-11-17(30)5-7-19(14)24-16(3)35-36-26(27(24)37)28(38)33-18-6-8-22(20(31)13-18)40-23-9-10-32-21-12-15(2)29(39-4)34-25(21)23/h5-13H,1-4H3,(H,33,38)(H,35,37). The molecule has 0 radical (unpaired) electrons. The number of nitrogens with zero attached hydrogens (tertiary/aromatic N) is 3. The molecule has 40 heavy (non-hydrogen) atoms. The molecule has 0 saturated carbocycles. The molecule has 3 aromatic heterocycles. The Morgan fingerprint density at radius 1 is 0.975 bits per heavy atom. The highest BCUT2D eigenvalue weighted by atomic mass is 19.1. The summed E-state index contributed by atoms with van der Waals surface area (Å²) in [4.78, 5) is 34.9. The number of carbonyl (C=O) groups is 1. The number of rotatable bonds is 6. The lowest BCUT2D eigenvalue weighted by atomic mass is 9.98. The number of halogens is 2. The van der Waals surface area contributed by atoms with E-state index in [0.717, 1.165) is 11.6 Å². The van der Waals surface area contributed by atoms with E-state index < -0.39 is 28.7 Å². The fraction of sp³-hybridized carbons (Fsp3) is 0.138. The summed E-state index contributed by atoms with van der Waals surface area (Å²) in [6.07, 6.45) is 1.52. The normalized spacial score (nSPS) is 10.9. The molecule has 2 aromatic carbocycles. The van der Waals surface area contributed by atoms with E-state index in [4.69, 9.17) is 9.47 Å². The number of aromatic amines is 1. The average Bonchev–Trinajstić information content (AvgIpc) is 2.91. The number of methoxy groups -OCH3 is 1. The van der Waals surface area contributed by atoms with Crippen LogP contribution >= 0.6 is 0 Å². The van der Waals surface area contributed by atoms with Crippen LogP contribution in [0.3, 0.4) is 0 Å². The van der Waals surface area contributed by atoms with Gasteiger partial charge in [0.05, 0.1) is 18.2 Å². The third kappa shape index (κ3) is 4.96. The molecule has 1 amide bonds. The van der Waals surface area contributed by atoms with Crippen molar-refractivity contribution < 1.29 is 23.0 Å². The van der Waals surface area contributed by atoms with Crippen LogP contribution in [0.5, 0.6) is 17.4 Å². The van der Waals surface area contributed by atoms with Gasteiger partial charge in [0.25, 0.3) is 5.91 Å². The average molecular weight is 544 g/mol. The van der Waals surface area contributed by atoms with Gasteiger partial charge in [-0.3, -0.25) is 19.7 Å². The predicted molar refractivity (Wildman–Crippen MR) is 145 cm³/mol. The van der Waals surface area contributed by atoms with Gasteiger partial charge in [-0.2, -0.15) is 5.10 Å².